The third-order valence-electron chi connectivity index (χ3n) is 4.90. The summed E-state index contributed by atoms with van der Waals surface area (Å²) in [5.41, 5.74) is 8.04. The van der Waals surface area contributed by atoms with Gasteiger partial charge in [0, 0.05) is 25.3 Å². The lowest BCUT2D eigenvalue weighted by atomic mass is 9.98. The van der Waals surface area contributed by atoms with Crippen LogP contribution in [0.25, 0.3) is 33.4 Å². The third kappa shape index (κ3) is 3.10. The summed E-state index contributed by atoms with van der Waals surface area (Å²) in [6.45, 7) is 0. The van der Waals surface area contributed by atoms with Crippen LogP contribution in [-0.2, 0) is 0 Å². The molecule has 4 aromatic rings. The maximum absolute atomic E-state index is 12.6. The fraction of sp³-hybridized carbons (Fsp3) is 0.0870. The number of nitrogens with zero attached hydrogens (tertiary/aromatic N) is 3. The lowest BCUT2D eigenvalue weighted by Gasteiger charge is -2.14. The lowest BCUT2D eigenvalue weighted by molar-refractivity contribution is 0.471. The van der Waals surface area contributed by atoms with E-state index in [9.17, 15) is 15.2 Å². The van der Waals surface area contributed by atoms with Crippen LogP contribution in [0, 0.1) is 11.3 Å². The number of hydrogen-bond donors (Lipinski definition) is 2. The predicted molar refractivity (Wildman–Crippen MR) is 116 cm³/mol. The highest BCUT2D eigenvalue weighted by atomic mass is 16.4. The van der Waals surface area contributed by atoms with Crippen molar-refractivity contribution in [3.8, 4) is 34.2 Å². The Labute approximate surface area is 172 Å². The summed E-state index contributed by atoms with van der Waals surface area (Å²) in [5, 5.41) is 20.7. The number of para-hydroxylation sites is 1. The average Bonchev–Trinajstić information content (AvgIpc) is 2.73. The summed E-state index contributed by atoms with van der Waals surface area (Å²) in [5.74, 6) is -0.277. The molecule has 148 valence electrons. The number of nitrogen functional groups attached to an aromatic ring is 1. The molecule has 0 aliphatic heterocycles. The molecule has 4 rings (SSSR count). The first-order valence-corrected chi connectivity index (χ1v) is 9.14. The van der Waals surface area contributed by atoms with Crippen LogP contribution in [0.1, 0.15) is 5.56 Å². The SMILES string of the molecule is CN(C)c1ccc(-c2cc(-c3c(O)c4ccccc4oc3=O)nc(N)c2C#N)cc1. The first-order valence-electron chi connectivity index (χ1n) is 9.14. The van der Waals surface area contributed by atoms with Gasteiger partial charge >= 0.3 is 5.63 Å². The van der Waals surface area contributed by atoms with Gasteiger partial charge in [-0.25, -0.2) is 9.78 Å². The van der Waals surface area contributed by atoms with Crippen molar-refractivity contribution in [3.05, 3.63) is 70.6 Å². The van der Waals surface area contributed by atoms with Gasteiger partial charge in [-0.3, -0.25) is 0 Å². The number of rotatable bonds is 3. The summed E-state index contributed by atoms with van der Waals surface area (Å²) < 4.78 is 5.35. The first kappa shape index (κ1) is 19.0. The number of nitrogens with two attached hydrogens (primary N) is 1. The molecule has 0 aliphatic rings. The monoisotopic (exact) mass is 398 g/mol. The summed E-state index contributed by atoms with van der Waals surface area (Å²) in [7, 11) is 3.86. The van der Waals surface area contributed by atoms with Crippen LogP contribution in [0.2, 0.25) is 0 Å². The molecule has 0 fully saturated rings. The second-order valence-electron chi connectivity index (χ2n) is 6.98. The Hall–Kier alpha value is -4.31. The minimum atomic E-state index is -0.739. The fourth-order valence-corrected chi connectivity index (χ4v) is 3.34. The molecule has 0 unspecified atom stereocenters. The molecule has 0 bridgehead atoms. The van der Waals surface area contributed by atoms with Crippen molar-refractivity contribution in [3.63, 3.8) is 0 Å². The second kappa shape index (κ2) is 7.26. The van der Waals surface area contributed by atoms with Crippen molar-refractivity contribution in [2.45, 2.75) is 0 Å². The average molecular weight is 398 g/mol. The predicted octanol–water partition coefficient (Wildman–Crippen LogP) is 3.75. The molecule has 0 amide bonds. The van der Waals surface area contributed by atoms with Gasteiger partial charge in [-0.2, -0.15) is 5.26 Å². The quantitative estimate of drug-likeness (QED) is 0.505. The van der Waals surface area contributed by atoms with Crippen LogP contribution in [0.4, 0.5) is 11.5 Å². The van der Waals surface area contributed by atoms with Crippen LogP contribution < -0.4 is 16.3 Å². The number of fused-ring (bicyclic) bond motifs is 1. The Morgan fingerprint density at radius 2 is 1.83 bits per heavy atom. The maximum Gasteiger partial charge on any atom is 0.349 e. The highest BCUT2D eigenvalue weighted by Gasteiger charge is 2.20. The van der Waals surface area contributed by atoms with E-state index in [0.29, 0.717) is 10.9 Å². The van der Waals surface area contributed by atoms with Crippen molar-refractivity contribution in [2.24, 2.45) is 0 Å². The van der Waals surface area contributed by atoms with Crippen LogP contribution >= 0.6 is 0 Å². The maximum atomic E-state index is 12.6. The molecule has 0 spiro atoms. The molecular formula is C23H18N4O3. The van der Waals surface area contributed by atoms with Crippen LogP contribution in [0.3, 0.4) is 0 Å². The Morgan fingerprint density at radius 1 is 1.13 bits per heavy atom. The van der Waals surface area contributed by atoms with Crippen molar-refractivity contribution in [1.82, 2.24) is 4.98 Å². The molecule has 0 radical (unpaired) electrons. The Morgan fingerprint density at radius 3 is 2.50 bits per heavy atom. The van der Waals surface area contributed by atoms with Gasteiger partial charge in [0.15, 0.2) is 0 Å². The van der Waals surface area contributed by atoms with Gasteiger partial charge < -0.3 is 20.2 Å². The number of hydrogen-bond acceptors (Lipinski definition) is 7. The molecule has 0 saturated carbocycles. The smallest absolute Gasteiger partial charge is 0.349 e. The van der Waals surface area contributed by atoms with Gasteiger partial charge in [-0.1, -0.05) is 24.3 Å². The Balaban J connectivity index is 1.97. The van der Waals surface area contributed by atoms with Crippen molar-refractivity contribution in [2.75, 3.05) is 24.7 Å². The molecule has 0 aliphatic carbocycles. The largest absolute Gasteiger partial charge is 0.506 e. The van der Waals surface area contributed by atoms with E-state index < -0.39 is 5.63 Å². The van der Waals surface area contributed by atoms with Crippen LogP contribution in [0.5, 0.6) is 5.75 Å². The molecule has 7 nitrogen and oxygen atoms in total. The van der Waals surface area contributed by atoms with Gasteiger partial charge in [-0.05, 0) is 35.9 Å². The molecule has 2 heterocycles. The van der Waals surface area contributed by atoms with E-state index in [1.54, 1.807) is 30.3 Å². The summed E-state index contributed by atoms with van der Waals surface area (Å²) in [6, 6.07) is 17.9. The van der Waals surface area contributed by atoms with E-state index in [2.05, 4.69) is 11.1 Å². The minimum absolute atomic E-state index is 0.0337. The number of pyridine rings is 1. The number of benzene rings is 2. The highest BCUT2D eigenvalue weighted by Crippen LogP contribution is 2.36. The molecule has 7 heteroatoms. The molecule has 3 N–H and O–H groups in total. The Kier molecular flexibility index (Phi) is 4.60. The molecule has 30 heavy (non-hydrogen) atoms. The van der Waals surface area contributed by atoms with E-state index >= 15 is 0 Å². The van der Waals surface area contributed by atoms with E-state index in [-0.39, 0.29) is 34.0 Å². The third-order valence-corrected chi connectivity index (χ3v) is 4.90. The summed E-state index contributed by atoms with van der Waals surface area (Å²) in [6.07, 6.45) is 0. The molecular weight excluding hydrogens is 380 g/mol. The molecule has 2 aromatic carbocycles. The topological polar surface area (TPSA) is 116 Å². The summed E-state index contributed by atoms with van der Waals surface area (Å²) in [4.78, 5) is 18.8. The zero-order valence-electron chi connectivity index (χ0n) is 16.4. The Bertz CT molecular complexity index is 1370. The van der Waals surface area contributed by atoms with Gasteiger partial charge in [0.1, 0.15) is 34.3 Å². The van der Waals surface area contributed by atoms with Gasteiger partial charge in [0.25, 0.3) is 0 Å². The van der Waals surface area contributed by atoms with Gasteiger partial charge in [-0.15, -0.1) is 0 Å². The lowest BCUT2D eigenvalue weighted by Crippen LogP contribution is -2.08. The van der Waals surface area contributed by atoms with E-state index in [4.69, 9.17) is 10.2 Å². The van der Waals surface area contributed by atoms with Gasteiger partial charge in [0.2, 0.25) is 0 Å². The zero-order chi connectivity index (χ0) is 21.4. The van der Waals surface area contributed by atoms with Gasteiger partial charge in [0.05, 0.1) is 11.1 Å². The first-order chi connectivity index (χ1) is 14.4. The van der Waals surface area contributed by atoms with Crippen molar-refractivity contribution in [1.29, 1.82) is 5.26 Å². The number of anilines is 2. The fourth-order valence-electron chi connectivity index (χ4n) is 3.34. The number of aromatic nitrogens is 1. The van der Waals surface area contributed by atoms with E-state index in [1.807, 2.05) is 43.3 Å². The summed E-state index contributed by atoms with van der Waals surface area (Å²) >= 11 is 0. The van der Waals surface area contributed by atoms with E-state index in [1.165, 1.54) is 0 Å². The number of nitriles is 1. The second-order valence-corrected chi connectivity index (χ2v) is 6.98. The molecule has 0 saturated heterocycles. The molecule has 2 aromatic heterocycles. The number of aromatic hydroxyl groups is 1. The van der Waals surface area contributed by atoms with Crippen molar-refractivity contribution >= 4 is 22.5 Å². The highest BCUT2D eigenvalue weighted by molar-refractivity contribution is 5.91. The van der Waals surface area contributed by atoms with Crippen LogP contribution in [0.15, 0.2) is 63.8 Å². The van der Waals surface area contributed by atoms with E-state index in [0.717, 1.165) is 11.3 Å². The minimum Gasteiger partial charge on any atom is -0.506 e. The normalized spacial score (nSPS) is 10.7. The molecule has 0 atom stereocenters. The standard InChI is InChI=1S/C23H18N4O3/c1-27(2)14-9-7-13(8-10-14)16-11-18(26-22(25)17(16)12-24)20-21(28)15-5-3-4-6-19(15)30-23(20)29/h3-11,28H,1-2H3,(H2,25,26). The zero-order valence-corrected chi connectivity index (χ0v) is 16.4. The van der Waals surface area contributed by atoms with Crippen molar-refractivity contribution < 1.29 is 9.52 Å². The van der Waals surface area contributed by atoms with Crippen LogP contribution in [-0.4, -0.2) is 24.2 Å².